The van der Waals surface area contributed by atoms with E-state index in [1.54, 1.807) is 14.0 Å². The molecular formula is C11H17N3O3. The number of likely N-dealkylation sites (N-methyl/N-ethyl adjacent to an activating group) is 1. The van der Waals surface area contributed by atoms with Crippen LogP contribution in [0.5, 0.6) is 0 Å². The molecule has 6 heteroatoms. The van der Waals surface area contributed by atoms with Crippen molar-refractivity contribution in [2.45, 2.75) is 26.3 Å². The first-order valence-electron chi connectivity index (χ1n) is 5.42. The third-order valence-electron chi connectivity index (χ3n) is 2.72. The summed E-state index contributed by atoms with van der Waals surface area (Å²) in [5.41, 5.74) is 0.643. The molecule has 4 amide bonds. The molecule has 1 N–H and O–H groups in total. The minimum atomic E-state index is -0.631. The van der Waals surface area contributed by atoms with E-state index in [0.717, 1.165) is 0 Å². The van der Waals surface area contributed by atoms with Crippen LogP contribution in [0.1, 0.15) is 20.3 Å². The van der Waals surface area contributed by atoms with Gasteiger partial charge in [0.25, 0.3) is 0 Å². The first-order valence-corrected chi connectivity index (χ1v) is 5.42. The van der Waals surface area contributed by atoms with Gasteiger partial charge < -0.3 is 4.90 Å². The summed E-state index contributed by atoms with van der Waals surface area (Å²) in [6.07, 6.45) is 0.450. The minimum absolute atomic E-state index is 0.263. The lowest BCUT2D eigenvalue weighted by Gasteiger charge is -2.24. The Labute approximate surface area is 100 Å². The molecule has 6 nitrogen and oxygen atoms in total. The van der Waals surface area contributed by atoms with E-state index in [0.29, 0.717) is 18.7 Å². The summed E-state index contributed by atoms with van der Waals surface area (Å²) >= 11 is 0. The summed E-state index contributed by atoms with van der Waals surface area (Å²) in [5, 5.41) is 2.20. The molecule has 0 spiro atoms. The highest BCUT2D eigenvalue weighted by atomic mass is 16.2. The topological polar surface area (TPSA) is 69.7 Å². The number of urea groups is 1. The summed E-state index contributed by atoms with van der Waals surface area (Å²) < 4.78 is 0. The number of hydrogen-bond acceptors (Lipinski definition) is 3. The Kier molecular flexibility index (Phi) is 3.88. The molecule has 0 radical (unpaired) electrons. The second kappa shape index (κ2) is 4.99. The van der Waals surface area contributed by atoms with Gasteiger partial charge in [0, 0.05) is 19.7 Å². The van der Waals surface area contributed by atoms with Crippen molar-refractivity contribution in [2.24, 2.45) is 0 Å². The maximum atomic E-state index is 11.8. The van der Waals surface area contributed by atoms with E-state index in [4.69, 9.17) is 0 Å². The maximum absolute atomic E-state index is 11.8. The van der Waals surface area contributed by atoms with Gasteiger partial charge in [0.2, 0.25) is 11.8 Å². The Hall–Kier alpha value is -1.85. The van der Waals surface area contributed by atoms with Crippen LogP contribution in [0.15, 0.2) is 12.3 Å². The summed E-state index contributed by atoms with van der Waals surface area (Å²) in [6.45, 7) is 7.11. The van der Waals surface area contributed by atoms with Crippen LogP contribution in [-0.2, 0) is 9.59 Å². The highest BCUT2D eigenvalue weighted by Gasteiger charge is 2.36. The molecule has 0 saturated carbocycles. The van der Waals surface area contributed by atoms with E-state index in [1.165, 1.54) is 16.7 Å². The molecule has 1 saturated heterocycles. The standard InChI is InChI=1S/C11H17N3O3/c1-5-9(10(16)12-8(3)15)14-6-7(2)13(4)11(14)17/h9H,2,5-6H2,1,3-4H3,(H,12,15,16). The van der Waals surface area contributed by atoms with Crippen LogP contribution in [0.2, 0.25) is 0 Å². The molecule has 0 bridgehead atoms. The van der Waals surface area contributed by atoms with Gasteiger partial charge in [-0.2, -0.15) is 0 Å². The molecule has 1 unspecified atom stereocenters. The van der Waals surface area contributed by atoms with Gasteiger partial charge in [0.15, 0.2) is 0 Å². The van der Waals surface area contributed by atoms with E-state index < -0.39 is 17.9 Å². The SMILES string of the molecule is C=C1CN(C(CC)C(=O)NC(C)=O)C(=O)N1C. The molecule has 0 aromatic carbocycles. The molecule has 1 heterocycles. The Morgan fingerprint density at radius 1 is 1.53 bits per heavy atom. The van der Waals surface area contributed by atoms with Crippen LogP contribution in [-0.4, -0.2) is 47.3 Å². The lowest BCUT2D eigenvalue weighted by atomic mass is 10.2. The van der Waals surface area contributed by atoms with Crippen molar-refractivity contribution in [1.29, 1.82) is 0 Å². The molecular weight excluding hydrogens is 222 g/mol. The average molecular weight is 239 g/mol. The van der Waals surface area contributed by atoms with Gasteiger partial charge in [-0.05, 0) is 6.42 Å². The van der Waals surface area contributed by atoms with Gasteiger partial charge in [-0.25, -0.2) is 4.79 Å². The van der Waals surface area contributed by atoms with Gasteiger partial charge in [-0.1, -0.05) is 13.5 Å². The predicted octanol–water partition coefficient (Wildman–Crippen LogP) is 0.309. The summed E-state index contributed by atoms with van der Waals surface area (Å²) in [4.78, 5) is 37.2. The van der Waals surface area contributed by atoms with Gasteiger partial charge in [0.1, 0.15) is 6.04 Å². The molecule has 17 heavy (non-hydrogen) atoms. The highest BCUT2D eigenvalue weighted by Crippen LogP contribution is 2.19. The third kappa shape index (κ3) is 2.64. The number of rotatable bonds is 3. The molecule has 1 aliphatic rings. The monoisotopic (exact) mass is 239 g/mol. The lowest BCUT2D eigenvalue weighted by molar-refractivity contribution is -0.132. The highest BCUT2D eigenvalue weighted by molar-refractivity contribution is 5.98. The Morgan fingerprint density at radius 3 is 2.47 bits per heavy atom. The molecule has 1 aliphatic heterocycles. The van der Waals surface area contributed by atoms with Crippen molar-refractivity contribution in [3.05, 3.63) is 12.3 Å². The van der Waals surface area contributed by atoms with Gasteiger partial charge in [-0.15, -0.1) is 0 Å². The van der Waals surface area contributed by atoms with E-state index in [9.17, 15) is 14.4 Å². The van der Waals surface area contributed by atoms with Crippen molar-refractivity contribution in [3.63, 3.8) is 0 Å². The fourth-order valence-corrected chi connectivity index (χ4v) is 1.75. The van der Waals surface area contributed by atoms with Crippen molar-refractivity contribution in [2.75, 3.05) is 13.6 Å². The fourth-order valence-electron chi connectivity index (χ4n) is 1.75. The zero-order valence-corrected chi connectivity index (χ0v) is 10.3. The van der Waals surface area contributed by atoms with Crippen LogP contribution in [0.3, 0.4) is 0 Å². The Bertz CT molecular complexity index is 378. The second-order valence-corrected chi connectivity index (χ2v) is 4.01. The predicted molar refractivity (Wildman–Crippen MR) is 61.9 cm³/mol. The number of nitrogens with one attached hydrogen (secondary N) is 1. The molecule has 94 valence electrons. The first-order chi connectivity index (χ1) is 7.88. The molecule has 0 aliphatic carbocycles. The molecule has 1 fully saturated rings. The van der Waals surface area contributed by atoms with Crippen molar-refractivity contribution < 1.29 is 14.4 Å². The van der Waals surface area contributed by atoms with E-state index in [-0.39, 0.29) is 6.03 Å². The summed E-state index contributed by atoms with van der Waals surface area (Å²) in [7, 11) is 1.61. The third-order valence-corrected chi connectivity index (χ3v) is 2.72. The smallest absolute Gasteiger partial charge is 0.307 e. The Morgan fingerprint density at radius 2 is 2.12 bits per heavy atom. The average Bonchev–Trinajstić information content (AvgIpc) is 2.47. The normalized spacial score (nSPS) is 17.4. The van der Waals surface area contributed by atoms with Gasteiger partial charge in [0.05, 0.1) is 6.54 Å². The van der Waals surface area contributed by atoms with Crippen LogP contribution in [0, 0.1) is 0 Å². The van der Waals surface area contributed by atoms with E-state index in [2.05, 4.69) is 11.9 Å². The first kappa shape index (κ1) is 13.2. The van der Waals surface area contributed by atoms with E-state index >= 15 is 0 Å². The largest absolute Gasteiger partial charge is 0.325 e. The van der Waals surface area contributed by atoms with Crippen LogP contribution in [0.25, 0.3) is 0 Å². The zero-order chi connectivity index (χ0) is 13.2. The van der Waals surface area contributed by atoms with Crippen molar-refractivity contribution in [1.82, 2.24) is 15.1 Å². The lowest BCUT2D eigenvalue weighted by Crippen LogP contribution is -2.49. The number of imide groups is 1. The zero-order valence-electron chi connectivity index (χ0n) is 10.3. The van der Waals surface area contributed by atoms with Gasteiger partial charge >= 0.3 is 6.03 Å². The van der Waals surface area contributed by atoms with Crippen LogP contribution < -0.4 is 5.32 Å². The molecule has 1 rings (SSSR count). The quantitative estimate of drug-likeness (QED) is 0.770. The van der Waals surface area contributed by atoms with E-state index in [1.807, 2.05) is 0 Å². The fraction of sp³-hybridized carbons (Fsp3) is 0.545. The molecule has 0 aromatic heterocycles. The number of carbonyl (C=O) groups excluding carboxylic acids is 3. The Balaban J connectivity index is 2.82. The molecule has 0 aromatic rings. The van der Waals surface area contributed by atoms with Gasteiger partial charge in [-0.3, -0.25) is 19.8 Å². The summed E-state index contributed by atoms with van der Waals surface area (Å²) in [6, 6.07) is -0.895. The van der Waals surface area contributed by atoms with Crippen LogP contribution >= 0.6 is 0 Å². The number of hydrogen-bond donors (Lipinski definition) is 1. The molecule has 1 atom stereocenters. The number of carbonyl (C=O) groups is 3. The van der Waals surface area contributed by atoms with Crippen molar-refractivity contribution >= 4 is 17.8 Å². The summed E-state index contributed by atoms with van der Waals surface area (Å²) in [5.74, 6) is -0.872. The minimum Gasteiger partial charge on any atom is -0.307 e. The van der Waals surface area contributed by atoms with Crippen LogP contribution in [0.4, 0.5) is 4.79 Å². The second-order valence-electron chi connectivity index (χ2n) is 4.01. The number of amides is 4. The van der Waals surface area contributed by atoms with Crippen molar-refractivity contribution in [3.8, 4) is 0 Å². The number of nitrogens with zero attached hydrogens (tertiary/aromatic N) is 2. The maximum Gasteiger partial charge on any atom is 0.325 e.